The number of nitrogens with zero attached hydrogens (tertiary/aromatic N) is 4. The first-order valence-electron chi connectivity index (χ1n) is 12.6. The number of carboxylic acids is 2. The van der Waals surface area contributed by atoms with Crippen LogP contribution in [0.25, 0.3) is 12.2 Å². The van der Waals surface area contributed by atoms with Crippen LogP contribution in [-0.2, 0) is 19.2 Å². The van der Waals surface area contributed by atoms with Gasteiger partial charge in [0, 0.05) is 38.1 Å². The lowest BCUT2D eigenvalue weighted by atomic mass is 10.1. The van der Waals surface area contributed by atoms with Crippen LogP contribution in [0.4, 0.5) is 11.4 Å². The molecule has 13 heteroatoms. The van der Waals surface area contributed by atoms with E-state index in [1.807, 2.05) is 6.07 Å². The lowest BCUT2D eigenvalue weighted by molar-refractivity contribution is -0.136. The lowest BCUT2D eigenvalue weighted by Gasteiger charge is -2.29. The summed E-state index contributed by atoms with van der Waals surface area (Å²) < 4.78 is 0. The summed E-state index contributed by atoms with van der Waals surface area (Å²) in [5, 5.41) is 51.0. The van der Waals surface area contributed by atoms with Gasteiger partial charge in [0.05, 0.1) is 6.61 Å². The molecule has 0 heterocycles. The van der Waals surface area contributed by atoms with E-state index in [0.29, 0.717) is 22.5 Å². The van der Waals surface area contributed by atoms with Crippen molar-refractivity contribution < 1.29 is 34.5 Å². The van der Waals surface area contributed by atoms with Crippen LogP contribution in [0.1, 0.15) is 11.1 Å². The number of likely N-dealkylation sites (N-methyl/N-ethyl adjacent to an activating group) is 1. The van der Waals surface area contributed by atoms with Gasteiger partial charge in [-0.3, -0.25) is 19.2 Å². The third kappa shape index (κ3) is 10.1. The number of amides is 2. The maximum absolute atomic E-state index is 12.0. The van der Waals surface area contributed by atoms with Crippen molar-refractivity contribution in [1.82, 2.24) is 10.6 Å². The molecule has 218 valence electrons. The minimum absolute atomic E-state index is 0.000828. The average Bonchev–Trinajstić information content (AvgIpc) is 2.98. The van der Waals surface area contributed by atoms with Crippen LogP contribution in [0.2, 0.25) is 0 Å². The Morgan fingerprint density at radius 3 is 1.50 bits per heavy atom. The molecule has 0 aliphatic carbocycles. The number of anilines is 2. The normalized spacial score (nSPS) is 11.0. The molecule has 5 N–H and O–H groups in total. The number of benzene rings is 2. The van der Waals surface area contributed by atoms with Crippen LogP contribution < -0.4 is 20.4 Å². The van der Waals surface area contributed by atoms with Gasteiger partial charge in [0.15, 0.2) is 0 Å². The summed E-state index contributed by atoms with van der Waals surface area (Å²) in [6.45, 7) is -0.727. The van der Waals surface area contributed by atoms with Gasteiger partial charge in [0.1, 0.15) is 36.4 Å². The Hall–Kier alpha value is -5.66. The maximum atomic E-state index is 12.0. The van der Waals surface area contributed by atoms with Gasteiger partial charge in [-0.05, 0) is 47.5 Å². The predicted octanol–water partition coefficient (Wildman–Crippen LogP) is 0.837. The fraction of sp³-hybridized carbons (Fsp3) is 0.241. The number of carbonyl (C=O) groups is 4. The Morgan fingerprint density at radius 1 is 0.762 bits per heavy atom. The Kier molecular flexibility index (Phi) is 12.7. The van der Waals surface area contributed by atoms with Crippen LogP contribution in [0.15, 0.2) is 59.7 Å². The Morgan fingerprint density at radius 2 is 1.17 bits per heavy atom. The highest BCUT2D eigenvalue weighted by atomic mass is 16.4. The zero-order chi connectivity index (χ0) is 31.1. The monoisotopic (exact) mass is 574 g/mol. The van der Waals surface area contributed by atoms with Crippen molar-refractivity contribution in [2.45, 2.75) is 0 Å². The molecular formula is C29H30N6O7. The van der Waals surface area contributed by atoms with E-state index in [1.165, 1.54) is 19.2 Å². The molecule has 0 aliphatic rings. The molecule has 0 bridgehead atoms. The van der Waals surface area contributed by atoms with E-state index >= 15 is 0 Å². The van der Waals surface area contributed by atoms with Crippen LogP contribution >= 0.6 is 0 Å². The summed E-state index contributed by atoms with van der Waals surface area (Å²) in [5.74, 6) is -3.37. The molecule has 2 aromatic rings. The number of rotatable bonds is 15. The zero-order valence-corrected chi connectivity index (χ0v) is 22.8. The van der Waals surface area contributed by atoms with Crippen molar-refractivity contribution in [2.24, 2.45) is 0 Å². The van der Waals surface area contributed by atoms with E-state index in [4.69, 9.17) is 5.11 Å². The van der Waals surface area contributed by atoms with E-state index in [0.717, 1.165) is 0 Å². The molecule has 2 rings (SSSR count). The third-order valence-corrected chi connectivity index (χ3v) is 5.79. The van der Waals surface area contributed by atoms with E-state index in [2.05, 4.69) is 10.6 Å². The first-order chi connectivity index (χ1) is 20.1. The average molecular weight is 575 g/mol. The maximum Gasteiger partial charge on any atom is 0.323 e. The molecular weight excluding hydrogens is 544 g/mol. The summed E-state index contributed by atoms with van der Waals surface area (Å²) in [6.07, 6.45) is 2.76. The number of hydrogen-bond acceptors (Lipinski definition) is 9. The molecule has 0 spiro atoms. The van der Waals surface area contributed by atoms with Gasteiger partial charge in [-0.2, -0.15) is 10.5 Å². The molecule has 0 radical (unpaired) electrons. The number of nitriles is 2. The molecule has 13 nitrogen and oxygen atoms in total. The molecule has 0 aliphatic heterocycles. The van der Waals surface area contributed by atoms with Gasteiger partial charge in [-0.1, -0.05) is 24.3 Å². The third-order valence-electron chi connectivity index (χ3n) is 5.79. The van der Waals surface area contributed by atoms with Crippen LogP contribution in [-0.4, -0.2) is 85.5 Å². The van der Waals surface area contributed by atoms with Crippen LogP contribution in [0, 0.1) is 22.7 Å². The van der Waals surface area contributed by atoms with Gasteiger partial charge >= 0.3 is 11.9 Å². The number of aliphatic hydroxyl groups is 1. The first-order valence-corrected chi connectivity index (χ1v) is 12.6. The zero-order valence-electron chi connectivity index (χ0n) is 22.8. The van der Waals surface area contributed by atoms with Gasteiger partial charge in [-0.15, -0.1) is 0 Å². The summed E-state index contributed by atoms with van der Waals surface area (Å²) in [5.41, 5.74) is 1.87. The van der Waals surface area contributed by atoms with Crippen molar-refractivity contribution in [1.29, 1.82) is 10.5 Å². The van der Waals surface area contributed by atoms with Gasteiger partial charge < -0.3 is 35.8 Å². The SMILES string of the molecule is CNC(=O)C(C#N)=Cc1ccc(N(CCN(CC(=O)O)c2ccc(C=C(C#N)C(=O)NCCO)cc2)CC(=O)O)cc1. The second kappa shape index (κ2) is 16.4. The van der Waals surface area contributed by atoms with E-state index < -0.39 is 23.8 Å². The minimum atomic E-state index is -1.10. The minimum Gasteiger partial charge on any atom is -0.480 e. The molecule has 0 atom stereocenters. The summed E-state index contributed by atoms with van der Waals surface area (Å²) >= 11 is 0. The molecule has 42 heavy (non-hydrogen) atoms. The van der Waals surface area contributed by atoms with E-state index in [-0.39, 0.29) is 50.5 Å². The molecule has 0 fully saturated rings. The molecule has 0 saturated carbocycles. The smallest absolute Gasteiger partial charge is 0.323 e. The van der Waals surface area contributed by atoms with Crippen molar-refractivity contribution >= 4 is 47.3 Å². The van der Waals surface area contributed by atoms with Crippen molar-refractivity contribution in [3.63, 3.8) is 0 Å². The molecule has 2 aromatic carbocycles. The first kappa shape index (κ1) is 32.6. The molecule has 0 saturated heterocycles. The quantitative estimate of drug-likeness (QED) is 0.149. The predicted molar refractivity (Wildman–Crippen MR) is 154 cm³/mol. The van der Waals surface area contributed by atoms with E-state index in [9.17, 15) is 39.9 Å². The fourth-order valence-electron chi connectivity index (χ4n) is 3.76. The number of hydrogen-bond donors (Lipinski definition) is 5. The summed E-state index contributed by atoms with van der Waals surface area (Å²) in [6, 6.07) is 16.6. The Balaban J connectivity index is 2.25. The second-order valence-corrected chi connectivity index (χ2v) is 8.71. The molecule has 0 aromatic heterocycles. The molecule has 0 unspecified atom stereocenters. The van der Waals surface area contributed by atoms with Crippen molar-refractivity contribution in [3.8, 4) is 12.1 Å². The van der Waals surface area contributed by atoms with E-state index in [1.54, 1.807) is 64.4 Å². The van der Waals surface area contributed by atoms with Crippen molar-refractivity contribution in [2.75, 3.05) is 56.2 Å². The second-order valence-electron chi connectivity index (χ2n) is 8.71. The van der Waals surface area contributed by atoms with Gasteiger partial charge in [-0.25, -0.2) is 0 Å². The topological polar surface area (TPSA) is 207 Å². The van der Waals surface area contributed by atoms with Gasteiger partial charge in [0.25, 0.3) is 11.8 Å². The number of carboxylic acid groups (broad SMARTS) is 2. The number of carbonyl (C=O) groups excluding carboxylic acids is 2. The summed E-state index contributed by atoms with van der Waals surface area (Å²) in [7, 11) is 1.41. The van der Waals surface area contributed by atoms with Crippen molar-refractivity contribution in [3.05, 3.63) is 70.8 Å². The highest BCUT2D eigenvalue weighted by molar-refractivity contribution is 6.02. The number of aliphatic hydroxyl groups excluding tert-OH is 1. The number of nitrogens with one attached hydrogen (secondary N) is 2. The Labute approximate surface area is 242 Å². The Bertz CT molecular complexity index is 1420. The highest BCUT2D eigenvalue weighted by Crippen LogP contribution is 2.20. The standard InChI is InChI=1S/C29H30N6O7/c1-32-28(41)22(16-30)14-20-2-6-24(7-3-20)34(18-26(37)38)11-12-35(19-27(39)40)25-8-4-21(5-9-25)15-23(17-31)29(42)33-10-13-36/h2-9,14-15,36H,10-13,18-19H2,1H3,(H,32,41)(H,33,42)(H,37,38)(H,39,40). The van der Waals surface area contributed by atoms with Gasteiger partial charge in [0.2, 0.25) is 0 Å². The summed E-state index contributed by atoms with van der Waals surface area (Å²) in [4.78, 5) is 50.1. The largest absolute Gasteiger partial charge is 0.480 e. The highest BCUT2D eigenvalue weighted by Gasteiger charge is 2.16. The molecule has 2 amide bonds. The number of aliphatic carboxylic acids is 2. The van der Waals surface area contributed by atoms with Crippen LogP contribution in [0.3, 0.4) is 0 Å². The lowest BCUT2D eigenvalue weighted by Crippen LogP contribution is -2.40. The van der Waals surface area contributed by atoms with Crippen LogP contribution in [0.5, 0.6) is 0 Å². The fourth-order valence-corrected chi connectivity index (χ4v) is 3.76.